The molecule has 0 heterocycles. The van der Waals surface area contributed by atoms with Gasteiger partial charge < -0.3 is 10.4 Å². The molecule has 3 atom stereocenters. The summed E-state index contributed by atoms with van der Waals surface area (Å²) in [6, 6.07) is -0.146. The van der Waals surface area contributed by atoms with Crippen molar-refractivity contribution in [1.82, 2.24) is 5.32 Å². The summed E-state index contributed by atoms with van der Waals surface area (Å²) in [5, 5.41) is 8.65. The molecule has 0 aliphatic rings. The molecule has 2 N–H and O–H groups in total. The van der Waals surface area contributed by atoms with Crippen LogP contribution in [0.1, 0.15) is 41.0 Å². The fraction of sp³-hybridized carbons (Fsp3) is 0.833. The molecule has 0 fully saturated rings. The van der Waals surface area contributed by atoms with Gasteiger partial charge in [-0.2, -0.15) is 0 Å². The maximum Gasteiger partial charge on any atom is 0.322 e. The fourth-order valence-corrected chi connectivity index (χ4v) is 3.48. The van der Waals surface area contributed by atoms with Crippen molar-refractivity contribution in [3.05, 3.63) is 0 Å². The Morgan fingerprint density at radius 3 is 1.95 bits per heavy atom. The van der Waals surface area contributed by atoms with E-state index in [0.717, 1.165) is 0 Å². The second-order valence-corrected chi connectivity index (χ2v) is 7.45. The second kappa shape index (κ2) is 6.88. The van der Waals surface area contributed by atoms with Gasteiger partial charge in [0.15, 0.2) is 15.1 Å². The quantitative estimate of drug-likeness (QED) is 0.723. The molecular formula is C12H23NO5S. The molecule has 19 heavy (non-hydrogen) atoms. The van der Waals surface area contributed by atoms with E-state index in [2.05, 4.69) is 5.32 Å². The summed E-state index contributed by atoms with van der Waals surface area (Å²) in [6.45, 7) is 7.86. The standard InChI is InChI=1S/C12H23NO5S/c1-6-8(4)13-11(14)9(5)19(17,18)10(7(2)3)12(15)16/h7-10H,6H2,1-5H3,(H,13,14)(H,15,16). The number of carboxylic acid groups (broad SMARTS) is 1. The Kier molecular flexibility index (Phi) is 6.48. The number of hydrogen-bond donors (Lipinski definition) is 2. The average Bonchev–Trinajstić information content (AvgIpc) is 2.25. The van der Waals surface area contributed by atoms with E-state index in [1.165, 1.54) is 20.8 Å². The van der Waals surface area contributed by atoms with Gasteiger partial charge >= 0.3 is 5.97 Å². The van der Waals surface area contributed by atoms with E-state index >= 15 is 0 Å². The third kappa shape index (κ3) is 4.49. The van der Waals surface area contributed by atoms with Gasteiger partial charge in [0.2, 0.25) is 5.91 Å². The number of sulfone groups is 1. The lowest BCUT2D eigenvalue weighted by atomic mass is 10.1. The largest absolute Gasteiger partial charge is 0.480 e. The lowest BCUT2D eigenvalue weighted by Gasteiger charge is -2.22. The van der Waals surface area contributed by atoms with E-state index in [9.17, 15) is 18.0 Å². The summed E-state index contributed by atoms with van der Waals surface area (Å²) >= 11 is 0. The molecule has 0 aromatic rings. The zero-order chi connectivity index (χ0) is 15.4. The van der Waals surface area contributed by atoms with Crippen molar-refractivity contribution >= 4 is 21.7 Å². The van der Waals surface area contributed by atoms with Gasteiger partial charge in [-0.3, -0.25) is 9.59 Å². The molecule has 0 aromatic heterocycles. The monoisotopic (exact) mass is 293 g/mol. The third-order valence-electron chi connectivity index (χ3n) is 3.07. The van der Waals surface area contributed by atoms with Crippen LogP contribution in [0.15, 0.2) is 0 Å². The zero-order valence-corrected chi connectivity index (χ0v) is 12.8. The Morgan fingerprint density at radius 1 is 1.16 bits per heavy atom. The molecular weight excluding hydrogens is 270 g/mol. The fourth-order valence-electron chi connectivity index (χ4n) is 1.64. The second-order valence-electron chi connectivity index (χ2n) is 5.05. The highest BCUT2D eigenvalue weighted by molar-refractivity contribution is 7.94. The van der Waals surface area contributed by atoms with Crippen LogP contribution >= 0.6 is 0 Å². The van der Waals surface area contributed by atoms with Crippen molar-refractivity contribution in [3.63, 3.8) is 0 Å². The molecule has 0 bridgehead atoms. The first-order chi connectivity index (χ1) is 8.55. The molecule has 0 rings (SSSR count). The Labute approximate surface area is 114 Å². The van der Waals surface area contributed by atoms with Crippen molar-refractivity contribution in [2.24, 2.45) is 5.92 Å². The van der Waals surface area contributed by atoms with E-state index in [0.29, 0.717) is 6.42 Å². The summed E-state index contributed by atoms with van der Waals surface area (Å²) < 4.78 is 24.4. The number of carbonyl (C=O) groups is 2. The van der Waals surface area contributed by atoms with Gasteiger partial charge in [0.05, 0.1) is 0 Å². The van der Waals surface area contributed by atoms with Crippen LogP contribution in [0.4, 0.5) is 0 Å². The molecule has 3 unspecified atom stereocenters. The molecule has 0 radical (unpaired) electrons. The van der Waals surface area contributed by atoms with E-state index in [-0.39, 0.29) is 6.04 Å². The molecule has 0 saturated carbocycles. The number of rotatable bonds is 7. The van der Waals surface area contributed by atoms with E-state index in [1.54, 1.807) is 6.92 Å². The van der Waals surface area contributed by atoms with E-state index in [4.69, 9.17) is 5.11 Å². The van der Waals surface area contributed by atoms with Crippen LogP contribution in [0, 0.1) is 5.92 Å². The normalized spacial score (nSPS) is 16.7. The maximum absolute atomic E-state index is 12.2. The number of aliphatic carboxylic acids is 1. The summed E-state index contributed by atoms with van der Waals surface area (Å²) in [5.74, 6) is -2.67. The Hall–Kier alpha value is -1.11. The first-order valence-corrected chi connectivity index (χ1v) is 7.92. The minimum absolute atomic E-state index is 0.146. The van der Waals surface area contributed by atoms with Crippen LogP contribution in [-0.2, 0) is 19.4 Å². The van der Waals surface area contributed by atoms with Crippen LogP contribution in [0.3, 0.4) is 0 Å². The Balaban J connectivity index is 5.19. The molecule has 0 saturated heterocycles. The molecule has 6 nitrogen and oxygen atoms in total. The van der Waals surface area contributed by atoms with Gasteiger partial charge in [-0.05, 0) is 26.2 Å². The summed E-state index contributed by atoms with van der Waals surface area (Å²) in [7, 11) is -4.06. The minimum Gasteiger partial charge on any atom is -0.480 e. The van der Waals surface area contributed by atoms with Gasteiger partial charge in [0, 0.05) is 6.04 Å². The van der Waals surface area contributed by atoms with Crippen molar-refractivity contribution in [3.8, 4) is 0 Å². The van der Waals surface area contributed by atoms with E-state index < -0.39 is 38.1 Å². The molecule has 1 amide bonds. The first-order valence-electron chi connectivity index (χ1n) is 6.31. The summed E-state index contributed by atoms with van der Waals surface area (Å²) in [6.07, 6.45) is 0.672. The molecule has 0 aliphatic heterocycles. The highest BCUT2D eigenvalue weighted by Crippen LogP contribution is 2.18. The Morgan fingerprint density at radius 2 is 1.63 bits per heavy atom. The highest BCUT2D eigenvalue weighted by atomic mass is 32.2. The van der Waals surface area contributed by atoms with Crippen molar-refractivity contribution in [2.75, 3.05) is 0 Å². The number of amides is 1. The van der Waals surface area contributed by atoms with Gasteiger partial charge in [-0.25, -0.2) is 8.42 Å². The van der Waals surface area contributed by atoms with Crippen LogP contribution < -0.4 is 5.32 Å². The van der Waals surface area contributed by atoms with Crippen molar-refractivity contribution < 1.29 is 23.1 Å². The molecule has 112 valence electrons. The van der Waals surface area contributed by atoms with Crippen LogP contribution in [0.25, 0.3) is 0 Å². The highest BCUT2D eigenvalue weighted by Gasteiger charge is 2.42. The zero-order valence-electron chi connectivity index (χ0n) is 12.0. The molecule has 0 spiro atoms. The smallest absolute Gasteiger partial charge is 0.322 e. The molecule has 0 aliphatic carbocycles. The molecule has 7 heteroatoms. The number of carboxylic acids is 1. The van der Waals surface area contributed by atoms with Crippen LogP contribution in [0.5, 0.6) is 0 Å². The minimum atomic E-state index is -4.06. The predicted molar refractivity (Wildman–Crippen MR) is 72.5 cm³/mol. The number of nitrogens with one attached hydrogen (secondary N) is 1. The van der Waals surface area contributed by atoms with Crippen molar-refractivity contribution in [2.45, 2.75) is 57.6 Å². The topological polar surface area (TPSA) is 101 Å². The van der Waals surface area contributed by atoms with E-state index in [1.807, 2.05) is 6.92 Å². The van der Waals surface area contributed by atoms with Gasteiger partial charge in [-0.15, -0.1) is 0 Å². The number of carbonyl (C=O) groups excluding carboxylic acids is 1. The van der Waals surface area contributed by atoms with Crippen LogP contribution in [-0.4, -0.2) is 41.9 Å². The number of hydrogen-bond acceptors (Lipinski definition) is 4. The predicted octanol–water partition coefficient (Wildman–Crippen LogP) is 0.814. The van der Waals surface area contributed by atoms with Crippen LogP contribution in [0.2, 0.25) is 0 Å². The Bertz CT molecular complexity index is 429. The maximum atomic E-state index is 12.2. The SMILES string of the molecule is CCC(C)NC(=O)C(C)S(=O)(=O)C(C(=O)O)C(C)C. The van der Waals surface area contributed by atoms with Gasteiger partial charge in [0.25, 0.3) is 0 Å². The average molecular weight is 293 g/mol. The summed E-state index contributed by atoms with van der Waals surface area (Å²) in [4.78, 5) is 22.9. The lowest BCUT2D eigenvalue weighted by Crippen LogP contribution is -2.48. The first kappa shape index (κ1) is 17.9. The van der Waals surface area contributed by atoms with Gasteiger partial charge in [0.1, 0.15) is 5.25 Å². The summed E-state index contributed by atoms with van der Waals surface area (Å²) in [5.41, 5.74) is 0. The lowest BCUT2D eigenvalue weighted by molar-refractivity contribution is -0.137. The van der Waals surface area contributed by atoms with Crippen molar-refractivity contribution in [1.29, 1.82) is 0 Å². The molecule has 0 aromatic carbocycles. The van der Waals surface area contributed by atoms with Gasteiger partial charge in [-0.1, -0.05) is 20.8 Å². The third-order valence-corrected chi connectivity index (χ3v) is 5.72.